The minimum Gasteiger partial charge on any atom is -0.496 e. The lowest BCUT2D eigenvalue weighted by Crippen LogP contribution is -2.34. The summed E-state index contributed by atoms with van der Waals surface area (Å²) in [6.45, 7) is -0.973. The molecule has 0 bridgehead atoms. The SMILES string of the molecule is COc1ccc(S(=O)(=O)NCC(O)CO)cc1C(=O)O. The van der Waals surface area contributed by atoms with Gasteiger partial charge in [-0.15, -0.1) is 0 Å². The molecule has 0 aliphatic carbocycles. The van der Waals surface area contributed by atoms with Crippen LogP contribution in [0.3, 0.4) is 0 Å². The van der Waals surface area contributed by atoms with E-state index in [1.54, 1.807) is 0 Å². The van der Waals surface area contributed by atoms with E-state index < -0.39 is 28.7 Å². The van der Waals surface area contributed by atoms with Crippen LogP contribution in [0.5, 0.6) is 5.75 Å². The number of carbonyl (C=O) groups is 1. The van der Waals surface area contributed by atoms with Crippen LogP contribution < -0.4 is 9.46 Å². The van der Waals surface area contributed by atoms with E-state index in [2.05, 4.69) is 4.72 Å². The van der Waals surface area contributed by atoms with Crippen molar-refractivity contribution in [2.24, 2.45) is 0 Å². The Morgan fingerprint density at radius 1 is 1.45 bits per heavy atom. The number of hydrogen-bond donors (Lipinski definition) is 4. The number of carboxylic acid groups (broad SMARTS) is 1. The highest BCUT2D eigenvalue weighted by atomic mass is 32.2. The first kappa shape index (κ1) is 16.4. The van der Waals surface area contributed by atoms with Crippen LogP contribution in [-0.2, 0) is 10.0 Å². The molecule has 4 N–H and O–H groups in total. The second-order valence-electron chi connectivity index (χ2n) is 3.86. The number of hydrogen-bond acceptors (Lipinski definition) is 6. The molecule has 1 atom stereocenters. The highest BCUT2D eigenvalue weighted by molar-refractivity contribution is 7.89. The molecule has 0 saturated carbocycles. The number of aliphatic hydroxyl groups is 2. The lowest BCUT2D eigenvalue weighted by atomic mass is 10.2. The van der Waals surface area contributed by atoms with Crippen LogP contribution >= 0.6 is 0 Å². The van der Waals surface area contributed by atoms with E-state index in [0.717, 1.165) is 6.07 Å². The Kier molecular flexibility index (Phi) is 5.45. The van der Waals surface area contributed by atoms with Crippen LogP contribution in [-0.4, -0.2) is 56.1 Å². The fraction of sp³-hybridized carbons (Fsp3) is 0.364. The number of aliphatic hydroxyl groups excluding tert-OH is 2. The van der Waals surface area contributed by atoms with Crippen molar-refractivity contribution in [1.82, 2.24) is 4.72 Å². The van der Waals surface area contributed by atoms with Gasteiger partial charge in [-0.3, -0.25) is 0 Å². The van der Waals surface area contributed by atoms with Gasteiger partial charge in [0.05, 0.1) is 24.7 Å². The molecule has 0 aliphatic heterocycles. The Hall–Kier alpha value is -1.68. The average Bonchev–Trinajstić information content (AvgIpc) is 2.43. The van der Waals surface area contributed by atoms with Gasteiger partial charge in [0, 0.05) is 6.54 Å². The summed E-state index contributed by atoms with van der Waals surface area (Å²) in [5, 5.41) is 26.7. The van der Waals surface area contributed by atoms with E-state index in [0.29, 0.717) is 0 Å². The molecule has 20 heavy (non-hydrogen) atoms. The minimum atomic E-state index is -3.99. The second kappa shape index (κ2) is 6.66. The molecule has 0 heterocycles. The number of methoxy groups -OCH3 is 1. The van der Waals surface area contributed by atoms with Crippen molar-refractivity contribution in [2.45, 2.75) is 11.0 Å². The fourth-order valence-electron chi connectivity index (χ4n) is 1.38. The quantitative estimate of drug-likeness (QED) is 0.509. The Morgan fingerprint density at radius 2 is 2.10 bits per heavy atom. The maximum absolute atomic E-state index is 11.9. The topological polar surface area (TPSA) is 133 Å². The smallest absolute Gasteiger partial charge is 0.339 e. The van der Waals surface area contributed by atoms with Gasteiger partial charge in [-0.1, -0.05) is 0 Å². The first-order valence-electron chi connectivity index (χ1n) is 5.51. The molecular weight excluding hydrogens is 290 g/mol. The number of aromatic carboxylic acids is 1. The zero-order valence-corrected chi connectivity index (χ0v) is 11.4. The predicted octanol–water partition coefficient (Wildman–Crippen LogP) is -0.975. The van der Waals surface area contributed by atoms with E-state index in [9.17, 15) is 13.2 Å². The molecule has 0 aromatic heterocycles. The van der Waals surface area contributed by atoms with Crippen LogP contribution in [0.4, 0.5) is 0 Å². The number of nitrogens with one attached hydrogen (secondary N) is 1. The molecule has 0 fully saturated rings. The van der Waals surface area contributed by atoms with Gasteiger partial charge in [0.2, 0.25) is 10.0 Å². The lowest BCUT2D eigenvalue weighted by Gasteiger charge is -2.11. The van der Waals surface area contributed by atoms with Crippen LogP contribution in [0.15, 0.2) is 23.1 Å². The lowest BCUT2D eigenvalue weighted by molar-refractivity contribution is 0.0693. The van der Waals surface area contributed by atoms with Crippen LogP contribution in [0.25, 0.3) is 0 Å². The van der Waals surface area contributed by atoms with Crippen molar-refractivity contribution >= 4 is 16.0 Å². The number of sulfonamides is 1. The van der Waals surface area contributed by atoms with Crippen LogP contribution in [0, 0.1) is 0 Å². The van der Waals surface area contributed by atoms with Gasteiger partial charge in [-0.05, 0) is 18.2 Å². The van der Waals surface area contributed by atoms with Crippen molar-refractivity contribution in [1.29, 1.82) is 0 Å². The van der Waals surface area contributed by atoms with Gasteiger partial charge in [-0.25, -0.2) is 17.9 Å². The third-order valence-corrected chi connectivity index (χ3v) is 3.85. The van der Waals surface area contributed by atoms with E-state index in [-0.39, 0.29) is 22.8 Å². The normalized spacial score (nSPS) is 12.9. The second-order valence-corrected chi connectivity index (χ2v) is 5.62. The van der Waals surface area contributed by atoms with E-state index in [1.165, 1.54) is 19.2 Å². The van der Waals surface area contributed by atoms with Crippen molar-refractivity contribution in [3.63, 3.8) is 0 Å². The molecule has 112 valence electrons. The molecule has 1 unspecified atom stereocenters. The summed E-state index contributed by atoms with van der Waals surface area (Å²) in [5.41, 5.74) is -0.293. The van der Waals surface area contributed by atoms with Crippen molar-refractivity contribution in [2.75, 3.05) is 20.3 Å². The highest BCUT2D eigenvalue weighted by Gasteiger charge is 2.20. The van der Waals surface area contributed by atoms with Gasteiger partial charge < -0.3 is 20.1 Å². The Balaban J connectivity index is 3.07. The van der Waals surface area contributed by atoms with Crippen LogP contribution in [0.1, 0.15) is 10.4 Å². The summed E-state index contributed by atoms with van der Waals surface area (Å²) in [4.78, 5) is 10.7. The number of carboxylic acids is 1. The van der Waals surface area contributed by atoms with Crippen molar-refractivity contribution < 1.29 is 33.3 Å². The van der Waals surface area contributed by atoms with Gasteiger partial charge in [0.15, 0.2) is 0 Å². The largest absolute Gasteiger partial charge is 0.496 e. The first-order chi connectivity index (χ1) is 9.31. The van der Waals surface area contributed by atoms with Gasteiger partial charge in [0.1, 0.15) is 11.3 Å². The van der Waals surface area contributed by atoms with E-state index in [1.807, 2.05) is 0 Å². The molecular formula is C11H15NO7S. The molecule has 1 rings (SSSR count). The van der Waals surface area contributed by atoms with Gasteiger partial charge in [-0.2, -0.15) is 0 Å². The Bertz CT molecular complexity index is 584. The molecule has 1 aromatic carbocycles. The molecule has 0 saturated heterocycles. The standard InChI is InChI=1S/C11H15NO7S/c1-19-10-3-2-8(4-9(10)11(15)16)20(17,18)12-5-7(14)6-13/h2-4,7,12-14H,5-6H2,1H3,(H,15,16). The average molecular weight is 305 g/mol. The monoisotopic (exact) mass is 305 g/mol. The number of benzene rings is 1. The molecule has 0 amide bonds. The third kappa shape index (κ3) is 3.90. The van der Waals surface area contributed by atoms with Gasteiger partial charge >= 0.3 is 5.97 Å². The van der Waals surface area contributed by atoms with Gasteiger partial charge in [0.25, 0.3) is 0 Å². The van der Waals surface area contributed by atoms with Crippen LogP contribution in [0.2, 0.25) is 0 Å². The maximum atomic E-state index is 11.9. The Morgan fingerprint density at radius 3 is 2.60 bits per heavy atom. The number of ether oxygens (including phenoxy) is 1. The maximum Gasteiger partial charge on any atom is 0.339 e. The Labute approximate surface area is 115 Å². The molecule has 0 spiro atoms. The summed E-state index contributed by atoms with van der Waals surface area (Å²) >= 11 is 0. The summed E-state index contributed by atoms with van der Waals surface area (Å²) in [6, 6.07) is 3.36. The minimum absolute atomic E-state index is 0.0341. The fourth-order valence-corrected chi connectivity index (χ4v) is 2.47. The molecule has 0 radical (unpaired) electrons. The zero-order chi connectivity index (χ0) is 15.3. The van der Waals surface area contributed by atoms with E-state index in [4.69, 9.17) is 20.1 Å². The molecule has 1 aromatic rings. The third-order valence-electron chi connectivity index (χ3n) is 2.43. The first-order valence-corrected chi connectivity index (χ1v) is 7.00. The predicted molar refractivity (Wildman–Crippen MR) is 68.2 cm³/mol. The molecule has 0 aliphatic rings. The van der Waals surface area contributed by atoms with E-state index >= 15 is 0 Å². The van der Waals surface area contributed by atoms with Crippen molar-refractivity contribution in [3.05, 3.63) is 23.8 Å². The highest BCUT2D eigenvalue weighted by Crippen LogP contribution is 2.22. The zero-order valence-electron chi connectivity index (χ0n) is 10.6. The summed E-state index contributed by atoms with van der Waals surface area (Å²) in [5.74, 6) is -1.29. The van der Waals surface area contributed by atoms with Crippen molar-refractivity contribution in [3.8, 4) is 5.75 Å². The number of rotatable bonds is 7. The molecule has 9 heteroatoms. The summed E-state index contributed by atoms with van der Waals surface area (Å²) in [6.07, 6.45) is -1.23. The molecule has 8 nitrogen and oxygen atoms in total. The summed E-state index contributed by atoms with van der Waals surface area (Å²) < 4.78 is 30.7. The summed E-state index contributed by atoms with van der Waals surface area (Å²) in [7, 11) is -2.72.